The Morgan fingerprint density at radius 3 is 2.67 bits per heavy atom. The average molecular weight is 320 g/mol. The van der Waals surface area contributed by atoms with E-state index in [0.29, 0.717) is 5.15 Å². The number of nitrogens with zero attached hydrogens (tertiary/aromatic N) is 1. The molecular weight excluding hydrogens is 306 g/mol. The Hall–Kier alpha value is -0.997. The summed E-state index contributed by atoms with van der Waals surface area (Å²) in [7, 11) is 0. The fraction of sp³-hybridized carbons (Fsp3) is 0.214. The quantitative estimate of drug-likeness (QED) is 0.496. The minimum absolute atomic E-state index is 0.473. The predicted octanol–water partition coefficient (Wildman–Crippen LogP) is 4.18. The molecule has 0 spiro atoms. The van der Waals surface area contributed by atoms with Gasteiger partial charge in [0.25, 0.3) is 0 Å². The number of rotatable bonds is 1. The Balaban J connectivity index is 2.46. The van der Waals surface area contributed by atoms with Crippen molar-refractivity contribution in [2.45, 2.75) is 17.3 Å². The van der Waals surface area contributed by atoms with Gasteiger partial charge in [-0.1, -0.05) is 0 Å². The van der Waals surface area contributed by atoms with E-state index in [1.165, 1.54) is 4.40 Å². The van der Waals surface area contributed by atoms with Gasteiger partial charge in [0.1, 0.15) is 0 Å². The van der Waals surface area contributed by atoms with Crippen LogP contribution >= 0.6 is 11.6 Å². The van der Waals surface area contributed by atoms with Gasteiger partial charge in [0, 0.05) is 0 Å². The number of aromatic nitrogens is 1. The summed E-state index contributed by atoms with van der Waals surface area (Å²) in [6.45, 7) is 0. The summed E-state index contributed by atoms with van der Waals surface area (Å²) in [6, 6.07) is 8.18. The van der Waals surface area contributed by atoms with Gasteiger partial charge in [0.05, 0.1) is 0 Å². The van der Waals surface area contributed by atoms with Crippen molar-refractivity contribution in [2.75, 3.05) is 0 Å². The molecule has 3 rings (SSSR count). The first kappa shape index (κ1) is 12.1. The third kappa shape index (κ3) is 1.84. The molecule has 0 N–H and O–H groups in total. The van der Waals surface area contributed by atoms with Crippen LogP contribution in [0, 0.1) is 0 Å². The zero-order valence-corrected chi connectivity index (χ0v) is 13.5. The number of halogens is 1. The van der Waals surface area contributed by atoms with Crippen LogP contribution in [0.15, 0.2) is 34.9 Å². The van der Waals surface area contributed by atoms with E-state index in [1.54, 1.807) is 12.3 Å². The maximum absolute atomic E-state index is 6.01. The average Bonchev–Trinajstić information content (AvgIpc) is 2.64. The van der Waals surface area contributed by atoms with E-state index in [9.17, 15) is 0 Å². The molecule has 18 heavy (non-hydrogen) atoms. The molecule has 4 heteroatoms. The van der Waals surface area contributed by atoms with E-state index in [2.05, 4.69) is 40.5 Å². The number of para-hydroxylation sites is 1. The summed E-state index contributed by atoms with van der Waals surface area (Å²) >= 11 is 3.98. The van der Waals surface area contributed by atoms with Gasteiger partial charge in [-0.3, -0.25) is 0 Å². The second-order valence-corrected chi connectivity index (χ2v) is 16.5. The molecule has 92 valence electrons. The van der Waals surface area contributed by atoms with E-state index in [0.717, 1.165) is 21.9 Å². The standard InChI is InChI=1S/C14H14ClGeNO/c1-16(2,3)11-6-4-5-9-10-8-17-13(15)7-12(10)18-14(9)11/h4-8H,1-3H3. The Bertz CT molecular complexity index is 742. The molecule has 0 saturated carbocycles. The van der Waals surface area contributed by atoms with Gasteiger partial charge in [-0.15, -0.1) is 0 Å². The molecule has 0 atom stereocenters. The first-order valence-corrected chi connectivity index (χ1v) is 13.7. The van der Waals surface area contributed by atoms with Gasteiger partial charge in [-0.05, 0) is 0 Å². The van der Waals surface area contributed by atoms with Crippen molar-refractivity contribution in [3.63, 3.8) is 0 Å². The van der Waals surface area contributed by atoms with E-state index in [-0.39, 0.29) is 0 Å². The zero-order chi connectivity index (χ0) is 12.9. The van der Waals surface area contributed by atoms with Crippen molar-refractivity contribution in [3.05, 3.63) is 35.6 Å². The summed E-state index contributed by atoms with van der Waals surface area (Å²) < 4.78 is 7.40. The maximum atomic E-state index is 6.01. The molecule has 0 radical (unpaired) electrons. The monoisotopic (exact) mass is 321 g/mol. The molecule has 0 aliphatic carbocycles. The number of benzene rings is 1. The van der Waals surface area contributed by atoms with Gasteiger partial charge in [0.15, 0.2) is 0 Å². The van der Waals surface area contributed by atoms with E-state index in [4.69, 9.17) is 16.0 Å². The van der Waals surface area contributed by atoms with Gasteiger partial charge < -0.3 is 0 Å². The van der Waals surface area contributed by atoms with Crippen LogP contribution in [-0.2, 0) is 0 Å². The van der Waals surface area contributed by atoms with Crippen LogP contribution in [-0.4, -0.2) is 18.3 Å². The van der Waals surface area contributed by atoms with Crippen LogP contribution in [0.25, 0.3) is 21.9 Å². The molecule has 2 nitrogen and oxygen atoms in total. The molecule has 2 heterocycles. The zero-order valence-electron chi connectivity index (χ0n) is 10.6. The van der Waals surface area contributed by atoms with Crippen molar-refractivity contribution in [2.24, 2.45) is 0 Å². The second-order valence-electron chi connectivity index (χ2n) is 5.54. The molecule has 0 fully saturated rings. The minimum atomic E-state index is -1.94. The predicted molar refractivity (Wildman–Crippen MR) is 79.5 cm³/mol. The van der Waals surface area contributed by atoms with Crippen LogP contribution in [0.4, 0.5) is 0 Å². The van der Waals surface area contributed by atoms with Crippen molar-refractivity contribution in [1.82, 2.24) is 4.98 Å². The molecular formula is C14H14ClGeNO. The Kier molecular flexibility index (Phi) is 2.68. The van der Waals surface area contributed by atoms with Crippen LogP contribution in [0.1, 0.15) is 0 Å². The molecule has 3 aromatic rings. The number of hydrogen-bond acceptors (Lipinski definition) is 2. The molecule has 0 saturated heterocycles. The van der Waals surface area contributed by atoms with Crippen molar-refractivity contribution in [3.8, 4) is 0 Å². The van der Waals surface area contributed by atoms with Crippen LogP contribution in [0.2, 0.25) is 22.4 Å². The van der Waals surface area contributed by atoms with E-state index in [1.807, 2.05) is 0 Å². The molecule has 1 aromatic carbocycles. The number of pyridine rings is 1. The summed E-state index contributed by atoms with van der Waals surface area (Å²) in [4.78, 5) is 4.14. The van der Waals surface area contributed by atoms with E-state index < -0.39 is 13.3 Å². The number of fused-ring (bicyclic) bond motifs is 3. The fourth-order valence-electron chi connectivity index (χ4n) is 2.26. The van der Waals surface area contributed by atoms with Crippen molar-refractivity contribution in [1.29, 1.82) is 0 Å². The molecule has 0 amide bonds. The first-order chi connectivity index (χ1) is 8.47. The van der Waals surface area contributed by atoms with E-state index >= 15 is 0 Å². The second kappa shape index (κ2) is 4.00. The van der Waals surface area contributed by atoms with Crippen LogP contribution in [0.3, 0.4) is 0 Å². The van der Waals surface area contributed by atoms with Gasteiger partial charge in [-0.25, -0.2) is 0 Å². The fourth-order valence-corrected chi connectivity index (χ4v) is 5.48. The molecule has 0 aliphatic heterocycles. The Labute approximate surface area is 113 Å². The molecule has 2 aromatic heterocycles. The van der Waals surface area contributed by atoms with Crippen molar-refractivity contribution < 1.29 is 4.42 Å². The summed E-state index contributed by atoms with van der Waals surface area (Å²) in [5.74, 6) is 7.10. The molecule has 0 unspecified atom stereocenters. The summed E-state index contributed by atoms with van der Waals surface area (Å²) in [6.07, 6.45) is 1.79. The Morgan fingerprint density at radius 1 is 1.17 bits per heavy atom. The van der Waals surface area contributed by atoms with Gasteiger partial charge in [-0.2, -0.15) is 0 Å². The third-order valence-electron chi connectivity index (χ3n) is 3.16. The molecule has 0 bridgehead atoms. The molecule has 0 aliphatic rings. The number of furan rings is 1. The number of hydrogen-bond donors (Lipinski definition) is 0. The normalized spacial score (nSPS) is 12.4. The summed E-state index contributed by atoms with van der Waals surface area (Å²) in [5, 5.41) is 2.66. The SMILES string of the molecule is [CH3][Ge]([CH3])([CH3])[c]1cccc2c1oc1cc(Cl)ncc12. The first-order valence-electron chi connectivity index (χ1n) is 5.94. The summed E-state index contributed by atoms with van der Waals surface area (Å²) in [5.41, 5.74) is 1.84. The topological polar surface area (TPSA) is 26.0 Å². The van der Waals surface area contributed by atoms with Gasteiger partial charge >= 0.3 is 113 Å². The van der Waals surface area contributed by atoms with Crippen molar-refractivity contribution >= 4 is 51.2 Å². The third-order valence-corrected chi connectivity index (χ3v) is 7.58. The van der Waals surface area contributed by atoms with Gasteiger partial charge in [0.2, 0.25) is 0 Å². The Morgan fingerprint density at radius 2 is 1.94 bits per heavy atom. The van der Waals surface area contributed by atoms with Crippen LogP contribution in [0.5, 0.6) is 0 Å². The van der Waals surface area contributed by atoms with Crippen LogP contribution < -0.4 is 4.40 Å².